The van der Waals surface area contributed by atoms with E-state index in [0.717, 1.165) is 22.6 Å². The van der Waals surface area contributed by atoms with Gasteiger partial charge in [-0.3, -0.25) is 14.4 Å². The molecule has 3 amide bonds. The van der Waals surface area contributed by atoms with Crippen molar-refractivity contribution in [1.29, 1.82) is 0 Å². The number of nitrogens with zero attached hydrogens (tertiary/aromatic N) is 3. The van der Waals surface area contributed by atoms with Crippen LogP contribution in [0.3, 0.4) is 0 Å². The zero-order chi connectivity index (χ0) is 21.4. The molecule has 1 aromatic heterocycles. The number of fused-ring (bicyclic) bond motifs is 3. The number of hydrogen-bond acceptors (Lipinski definition) is 5. The quantitative estimate of drug-likeness (QED) is 0.752. The molecule has 0 spiro atoms. The molecule has 4 rings (SSSR count). The first-order chi connectivity index (χ1) is 14.4. The molecule has 1 aromatic carbocycles. The molecule has 0 unspecified atom stereocenters. The Morgan fingerprint density at radius 1 is 1.13 bits per heavy atom. The Morgan fingerprint density at radius 2 is 1.87 bits per heavy atom. The maximum atomic E-state index is 13.0. The lowest BCUT2D eigenvalue weighted by Gasteiger charge is -2.27. The molecule has 0 aliphatic carbocycles. The van der Waals surface area contributed by atoms with Gasteiger partial charge in [-0.05, 0) is 42.7 Å². The monoisotopic (exact) mass is 427 g/mol. The van der Waals surface area contributed by atoms with Gasteiger partial charge in [0.05, 0.1) is 18.7 Å². The number of carbonyl (C=O) groups excluding carboxylic acids is 3. The fourth-order valence-corrected chi connectivity index (χ4v) is 5.13. The summed E-state index contributed by atoms with van der Waals surface area (Å²) in [6.07, 6.45) is 1.53. The van der Waals surface area contributed by atoms with Crippen LogP contribution in [0.25, 0.3) is 0 Å². The molecule has 158 valence electrons. The number of anilines is 1. The lowest BCUT2D eigenvalue weighted by molar-refractivity contribution is -0.118. The van der Waals surface area contributed by atoms with E-state index in [1.165, 1.54) is 16.2 Å². The van der Waals surface area contributed by atoms with Crippen molar-refractivity contribution < 1.29 is 19.1 Å². The second-order valence-corrected chi connectivity index (χ2v) is 8.73. The van der Waals surface area contributed by atoms with Crippen molar-refractivity contribution in [2.75, 3.05) is 38.7 Å². The van der Waals surface area contributed by atoms with Crippen LogP contribution in [0.2, 0.25) is 0 Å². The highest BCUT2D eigenvalue weighted by Gasteiger charge is 2.36. The number of benzene rings is 1. The third-order valence-corrected chi connectivity index (χ3v) is 6.80. The Balaban J connectivity index is 1.57. The fraction of sp³-hybridized carbons (Fsp3) is 0.409. The van der Waals surface area contributed by atoms with Crippen molar-refractivity contribution in [1.82, 2.24) is 9.80 Å². The van der Waals surface area contributed by atoms with Crippen molar-refractivity contribution in [3.8, 4) is 5.75 Å². The average molecular weight is 428 g/mol. The largest absolute Gasteiger partial charge is 0.494 e. The van der Waals surface area contributed by atoms with Crippen LogP contribution in [0.5, 0.6) is 5.75 Å². The molecule has 3 heterocycles. The molecule has 0 saturated heterocycles. The van der Waals surface area contributed by atoms with E-state index in [2.05, 4.69) is 0 Å². The molecule has 0 fully saturated rings. The van der Waals surface area contributed by atoms with Gasteiger partial charge in [0.15, 0.2) is 0 Å². The molecule has 2 aliphatic rings. The van der Waals surface area contributed by atoms with Crippen LogP contribution in [-0.2, 0) is 17.8 Å². The minimum absolute atomic E-state index is 0.0424. The van der Waals surface area contributed by atoms with Gasteiger partial charge in [-0.15, -0.1) is 11.3 Å². The molecule has 30 heavy (non-hydrogen) atoms. The van der Waals surface area contributed by atoms with Crippen LogP contribution in [0, 0.1) is 0 Å². The van der Waals surface area contributed by atoms with E-state index in [1.807, 2.05) is 19.1 Å². The number of carbonyl (C=O) groups is 3. The van der Waals surface area contributed by atoms with Crippen LogP contribution in [0.15, 0.2) is 24.3 Å². The van der Waals surface area contributed by atoms with E-state index in [0.29, 0.717) is 42.2 Å². The summed E-state index contributed by atoms with van der Waals surface area (Å²) in [5, 5.41) is 0.686. The molecular formula is C22H25N3O4S. The maximum absolute atomic E-state index is 13.0. The van der Waals surface area contributed by atoms with Gasteiger partial charge in [-0.1, -0.05) is 6.92 Å². The third kappa shape index (κ3) is 3.56. The lowest BCUT2D eigenvalue weighted by atomic mass is 10.0. The molecule has 7 nitrogen and oxygen atoms in total. The summed E-state index contributed by atoms with van der Waals surface area (Å²) in [4.78, 5) is 44.1. The van der Waals surface area contributed by atoms with Gasteiger partial charge in [0.25, 0.3) is 11.8 Å². The highest BCUT2D eigenvalue weighted by molar-refractivity contribution is 7.17. The number of ether oxygens (including phenoxy) is 1. The second kappa shape index (κ2) is 8.10. The van der Waals surface area contributed by atoms with Crippen molar-refractivity contribution >= 4 is 34.1 Å². The first-order valence-corrected chi connectivity index (χ1v) is 10.9. The second-order valence-electron chi connectivity index (χ2n) is 7.65. The molecule has 8 heteroatoms. The van der Waals surface area contributed by atoms with Crippen molar-refractivity contribution in [3.05, 3.63) is 45.8 Å². The van der Waals surface area contributed by atoms with Gasteiger partial charge in [0, 0.05) is 31.1 Å². The average Bonchev–Trinajstić information content (AvgIpc) is 3.11. The number of rotatable bonds is 4. The minimum atomic E-state index is -0.123. The van der Waals surface area contributed by atoms with Gasteiger partial charge in [0.2, 0.25) is 5.91 Å². The first kappa shape index (κ1) is 20.4. The lowest BCUT2D eigenvalue weighted by Crippen LogP contribution is -2.37. The Bertz CT molecular complexity index is 999. The zero-order valence-electron chi connectivity index (χ0n) is 17.4. The van der Waals surface area contributed by atoms with Crippen LogP contribution in [0.1, 0.15) is 44.5 Å². The molecule has 0 atom stereocenters. The van der Waals surface area contributed by atoms with Crippen molar-refractivity contribution in [2.24, 2.45) is 0 Å². The predicted octanol–water partition coefficient (Wildman–Crippen LogP) is 2.78. The molecule has 0 bridgehead atoms. The Labute approximate surface area is 179 Å². The van der Waals surface area contributed by atoms with Gasteiger partial charge in [-0.2, -0.15) is 0 Å². The summed E-state index contributed by atoms with van der Waals surface area (Å²) in [6, 6.07) is 7.22. The van der Waals surface area contributed by atoms with Crippen molar-refractivity contribution in [2.45, 2.75) is 26.3 Å². The molecular weight excluding hydrogens is 402 g/mol. The smallest absolute Gasteiger partial charge is 0.257 e. The summed E-state index contributed by atoms with van der Waals surface area (Å²) < 4.78 is 5.58. The van der Waals surface area contributed by atoms with Crippen LogP contribution in [-0.4, -0.2) is 61.3 Å². The topological polar surface area (TPSA) is 70.2 Å². The van der Waals surface area contributed by atoms with Crippen LogP contribution < -0.4 is 9.64 Å². The van der Waals surface area contributed by atoms with Gasteiger partial charge >= 0.3 is 0 Å². The maximum Gasteiger partial charge on any atom is 0.257 e. The van der Waals surface area contributed by atoms with E-state index in [-0.39, 0.29) is 24.3 Å². The standard InChI is InChI=1S/C22H25N3O4S/c1-4-11-29-15-7-5-14(6-8-15)20(27)25-10-9-16-17(12-25)30-22-19(16)21(28)23(2)13-18(26)24(22)3/h5-8H,4,9-13H2,1-3H3. The van der Waals surface area contributed by atoms with Gasteiger partial charge in [-0.25, -0.2) is 0 Å². The molecule has 0 saturated carbocycles. The highest BCUT2D eigenvalue weighted by Crippen LogP contribution is 2.41. The Hall–Kier alpha value is -2.87. The Kier molecular flexibility index (Phi) is 5.51. The molecule has 2 aliphatic heterocycles. The Morgan fingerprint density at radius 3 is 2.57 bits per heavy atom. The van der Waals surface area contributed by atoms with E-state index < -0.39 is 0 Å². The summed E-state index contributed by atoms with van der Waals surface area (Å²) in [5.41, 5.74) is 2.21. The zero-order valence-corrected chi connectivity index (χ0v) is 18.3. The van der Waals surface area contributed by atoms with Crippen LogP contribution in [0.4, 0.5) is 5.00 Å². The summed E-state index contributed by atoms with van der Waals surface area (Å²) in [6.45, 7) is 3.76. The van der Waals surface area contributed by atoms with Crippen LogP contribution >= 0.6 is 11.3 Å². The normalized spacial score (nSPS) is 16.3. The summed E-state index contributed by atoms with van der Waals surface area (Å²) >= 11 is 1.44. The van der Waals surface area contributed by atoms with E-state index >= 15 is 0 Å². The third-order valence-electron chi connectivity index (χ3n) is 5.51. The van der Waals surface area contributed by atoms with E-state index in [9.17, 15) is 14.4 Å². The fourth-order valence-electron chi connectivity index (χ4n) is 3.80. The number of thiophene rings is 1. The molecule has 0 N–H and O–H groups in total. The van der Waals surface area contributed by atoms with E-state index in [1.54, 1.807) is 36.0 Å². The summed E-state index contributed by atoms with van der Waals surface area (Å²) in [5.74, 6) is 0.481. The highest BCUT2D eigenvalue weighted by atomic mass is 32.1. The molecule has 0 radical (unpaired) electrons. The summed E-state index contributed by atoms with van der Waals surface area (Å²) in [7, 11) is 3.36. The number of hydrogen-bond donors (Lipinski definition) is 0. The number of likely N-dealkylation sites (N-methyl/N-ethyl adjacent to an activating group) is 2. The number of amides is 3. The first-order valence-electron chi connectivity index (χ1n) is 10.1. The van der Waals surface area contributed by atoms with Gasteiger partial charge in [0.1, 0.15) is 17.3 Å². The predicted molar refractivity (Wildman–Crippen MR) is 115 cm³/mol. The SMILES string of the molecule is CCCOc1ccc(C(=O)N2CCc3c(sc4c3C(=O)N(C)CC(=O)N4C)C2)cc1. The minimum Gasteiger partial charge on any atom is -0.494 e. The van der Waals surface area contributed by atoms with Gasteiger partial charge < -0.3 is 19.4 Å². The van der Waals surface area contributed by atoms with Crippen molar-refractivity contribution in [3.63, 3.8) is 0 Å². The molecule has 2 aromatic rings. The van der Waals surface area contributed by atoms with E-state index in [4.69, 9.17) is 4.74 Å².